The number of carbonyl (C=O) groups is 1. The van der Waals surface area contributed by atoms with Crippen LogP contribution in [0, 0.1) is 0 Å². The van der Waals surface area contributed by atoms with Crippen LogP contribution in [0.3, 0.4) is 0 Å². The maximum atomic E-state index is 13.0. The Balaban J connectivity index is 2.14. The third kappa shape index (κ3) is 34.9. The Morgan fingerprint density at radius 2 is 0.891 bits per heavy atom. The maximum Gasteiger partial charge on any atom is 0.220 e. The van der Waals surface area contributed by atoms with Crippen LogP contribution in [0.2, 0.25) is 0 Å². The molecule has 0 aromatic heterocycles. The van der Waals surface area contributed by atoms with Gasteiger partial charge in [-0.1, -0.05) is 250 Å². The van der Waals surface area contributed by atoms with E-state index in [1.54, 1.807) is 6.08 Å². The average Bonchev–Trinajstić information content (AvgIpc) is 3.29. The van der Waals surface area contributed by atoms with Gasteiger partial charge in [0.25, 0.3) is 0 Å². The zero-order valence-corrected chi connectivity index (χ0v) is 41.8. The number of nitrogens with one attached hydrogen (secondary N) is 1. The van der Waals surface area contributed by atoms with Crippen LogP contribution in [-0.2, 0) is 14.3 Å². The third-order valence-corrected chi connectivity index (χ3v) is 13.3. The van der Waals surface area contributed by atoms with Crippen molar-refractivity contribution in [3.05, 3.63) is 24.3 Å². The first-order valence-corrected chi connectivity index (χ1v) is 27.6. The van der Waals surface area contributed by atoms with Gasteiger partial charge in [0.05, 0.1) is 25.4 Å². The van der Waals surface area contributed by atoms with Gasteiger partial charge in [-0.05, 0) is 32.1 Å². The van der Waals surface area contributed by atoms with Crippen molar-refractivity contribution in [1.29, 1.82) is 0 Å². The van der Waals surface area contributed by atoms with Crippen LogP contribution in [-0.4, -0.2) is 87.5 Å². The van der Waals surface area contributed by atoms with Gasteiger partial charge in [-0.3, -0.25) is 4.79 Å². The molecule has 1 aliphatic rings. The molecule has 7 unspecified atom stereocenters. The van der Waals surface area contributed by atoms with E-state index in [0.29, 0.717) is 6.42 Å². The summed E-state index contributed by atoms with van der Waals surface area (Å²) in [6, 6.07) is -0.817. The van der Waals surface area contributed by atoms with E-state index >= 15 is 0 Å². The summed E-state index contributed by atoms with van der Waals surface area (Å²) >= 11 is 0. The zero-order chi connectivity index (χ0) is 46.6. The van der Waals surface area contributed by atoms with Crippen molar-refractivity contribution < 1.29 is 39.8 Å². The lowest BCUT2D eigenvalue weighted by Crippen LogP contribution is -2.60. The Morgan fingerprint density at radius 1 is 0.516 bits per heavy atom. The number of hydrogen-bond acceptors (Lipinski definition) is 8. The summed E-state index contributed by atoms with van der Waals surface area (Å²) in [4.78, 5) is 13.0. The van der Waals surface area contributed by atoms with Crippen LogP contribution in [0.1, 0.15) is 264 Å². The van der Waals surface area contributed by atoms with Gasteiger partial charge >= 0.3 is 0 Å². The molecule has 0 bridgehead atoms. The van der Waals surface area contributed by atoms with Crippen molar-refractivity contribution >= 4 is 5.91 Å². The van der Waals surface area contributed by atoms with Gasteiger partial charge in [0.15, 0.2) is 6.29 Å². The second kappa shape index (κ2) is 45.5. The second-order valence-corrected chi connectivity index (χ2v) is 19.4. The number of rotatable bonds is 47. The summed E-state index contributed by atoms with van der Waals surface area (Å²) in [5.41, 5.74) is 0. The molecule has 64 heavy (non-hydrogen) atoms. The highest BCUT2D eigenvalue weighted by atomic mass is 16.7. The topological polar surface area (TPSA) is 149 Å². The van der Waals surface area contributed by atoms with E-state index in [-0.39, 0.29) is 12.5 Å². The van der Waals surface area contributed by atoms with Gasteiger partial charge in [0, 0.05) is 6.42 Å². The number of unbranched alkanes of at least 4 members (excludes halogenated alkanes) is 35. The van der Waals surface area contributed by atoms with Crippen molar-refractivity contribution in [2.24, 2.45) is 0 Å². The Hall–Kier alpha value is -1.33. The van der Waals surface area contributed by atoms with Crippen LogP contribution in [0.4, 0.5) is 0 Å². The molecule has 9 heteroatoms. The molecule has 1 amide bonds. The van der Waals surface area contributed by atoms with Gasteiger partial charge in [-0.25, -0.2) is 0 Å². The first-order chi connectivity index (χ1) is 31.3. The number of hydrogen-bond donors (Lipinski definition) is 6. The third-order valence-electron chi connectivity index (χ3n) is 13.3. The molecular formula is C55H105NO8. The molecule has 0 aromatic rings. The first kappa shape index (κ1) is 60.7. The Labute approximate surface area is 394 Å². The summed E-state index contributed by atoms with van der Waals surface area (Å²) in [5.74, 6) is -0.183. The van der Waals surface area contributed by atoms with Crippen LogP contribution in [0.15, 0.2) is 24.3 Å². The van der Waals surface area contributed by atoms with Gasteiger partial charge < -0.3 is 40.3 Å². The van der Waals surface area contributed by atoms with Crippen molar-refractivity contribution in [1.82, 2.24) is 5.32 Å². The minimum Gasteiger partial charge on any atom is -0.394 e. The molecule has 1 aliphatic heterocycles. The van der Waals surface area contributed by atoms with Gasteiger partial charge in [0.1, 0.15) is 24.4 Å². The van der Waals surface area contributed by atoms with E-state index in [2.05, 4.69) is 31.3 Å². The minimum atomic E-state index is -1.57. The van der Waals surface area contributed by atoms with Crippen molar-refractivity contribution in [2.45, 2.75) is 307 Å². The van der Waals surface area contributed by atoms with E-state index in [9.17, 15) is 30.3 Å². The second-order valence-electron chi connectivity index (χ2n) is 19.4. The van der Waals surface area contributed by atoms with E-state index in [1.807, 2.05) is 6.08 Å². The average molecular weight is 908 g/mol. The van der Waals surface area contributed by atoms with Gasteiger partial charge in [-0.15, -0.1) is 0 Å². The summed E-state index contributed by atoms with van der Waals surface area (Å²) in [7, 11) is 0. The lowest BCUT2D eigenvalue weighted by Gasteiger charge is -2.40. The van der Waals surface area contributed by atoms with Crippen molar-refractivity contribution in [2.75, 3.05) is 13.2 Å². The van der Waals surface area contributed by atoms with E-state index in [1.165, 1.54) is 205 Å². The highest BCUT2D eigenvalue weighted by Crippen LogP contribution is 2.23. The van der Waals surface area contributed by atoms with Crippen LogP contribution < -0.4 is 5.32 Å². The standard InChI is InChI=1S/C55H105NO8/c1-3-5-7-9-11-13-15-17-18-19-20-21-22-23-24-25-26-27-28-29-30-31-32-33-35-37-39-41-43-45-51(59)56-48(47-63-55-54(62)53(61)52(60)50(46-57)64-55)49(58)44-42-40-38-36-34-16-14-12-10-8-6-4-2/h34,36,42,44,48-50,52-55,57-58,60-62H,3-33,35,37-41,43,45-47H2,1-2H3,(H,56,59)/b36-34+,44-42+. The van der Waals surface area contributed by atoms with Crippen LogP contribution in [0.25, 0.3) is 0 Å². The summed E-state index contributed by atoms with van der Waals surface area (Å²) in [5, 5.41) is 54.3. The number of allylic oxidation sites excluding steroid dienone is 3. The monoisotopic (exact) mass is 908 g/mol. The predicted octanol–water partition coefficient (Wildman–Crippen LogP) is 13.0. The normalized spacial score (nSPS) is 20.1. The fraction of sp³-hybridized carbons (Fsp3) is 0.909. The lowest BCUT2D eigenvalue weighted by molar-refractivity contribution is -0.302. The molecule has 0 saturated carbocycles. The summed E-state index contributed by atoms with van der Waals surface area (Å²) < 4.78 is 11.2. The Kier molecular flexibility index (Phi) is 43.1. The molecule has 0 aliphatic carbocycles. The maximum absolute atomic E-state index is 13.0. The predicted molar refractivity (Wildman–Crippen MR) is 267 cm³/mol. The molecular weight excluding hydrogens is 803 g/mol. The van der Waals surface area contributed by atoms with Crippen LogP contribution in [0.5, 0.6) is 0 Å². The fourth-order valence-corrected chi connectivity index (χ4v) is 8.88. The Morgan fingerprint density at radius 3 is 1.31 bits per heavy atom. The molecule has 0 radical (unpaired) electrons. The number of ether oxygens (including phenoxy) is 2. The molecule has 9 nitrogen and oxygen atoms in total. The number of aliphatic hydroxyl groups is 5. The molecule has 6 N–H and O–H groups in total. The number of amides is 1. The summed E-state index contributed by atoms with van der Waals surface area (Å²) in [6.45, 7) is 3.76. The van der Waals surface area contributed by atoms with Crippen molar-refractivity contribution in [3.63, 3.8) is 0 Å². The molecule has 378 valence electrons. The minimum absolute atomic E-state index is 0.183. The van der Waals surface area contributed by atoms with Crippen LogP contribution >= 0.6 is 0 Å². The molecule has 0 aromatic carbocycles. The molecule has 1 saturated heterocycles. The molecule has 0 spiro atoms. The Bertz CT molecular complexity index is 1060. The number of aliphatic hydroxyl groups excluding tert-OH is 5. The molecule has 1 fully saturated rings. The molecule has 7 atom stereocenters. The first-order valence-electron chi connectivity index (χ1n) is 27.6. The molecule has 1 rings (SSSR count). The zero-order valence-electron chi connectivity index (χ0n) is 41.8. The molecule has 1 heterocycles. The smallest absolute Gasteiger partial charge is 0.220 e. The summed E-state index contributed by atoms with van der Waals surface area (Å²) in [6.07, 6.45) is 49.8. The van der Waals surface area contributed by atoms with E-state index in [4.69, 9.17) is 9.47 Å². The lowest BCUT2D eigenvalue weighted by atomic mass is 9.99. The highest BCUT2D eigenvalue weighted by Gasteiger charge is 2.44. The fourth-order valence-electron chi connectivity index (χ4n) is 8.88. The van der Waals surface area contributed by atoms with Gasteiger partial charge in [-0.2, -0.15) is 0 Å². The largest absolute Gasteiger partial charge is 0.394 e. The quantitative estimate of drug-likeness (QED) is 0.0261. The van der Waals surface area contributed by atoms with Gasteiger partial charge in [0.2, 0.25) is 5.91 Å². The SMILES string of the molecule is CCCCCCCC/C=C/CC/C=C/C(O)C(COC1OC(CO)C(O)C(O)C1O)NC(=O)CCCCCCCCCCCCCCCCCCCCCCCCCCCCCCC. The highest BCUT2D eigenvalue weighted by molar-refractivity contribution is 5.76. The van der Waals surface area contributed by atoms with E-state index in [0.717, 1.165) is 38.5 Å². The van der Waals surface area contributed by atoms with E-state index < -0.39 is 49.5 Å². The number of carbonyl (C=O) groups excluding carboxylic acids is 1. The van der Waals surface area contributed by atoms with Crippen molar-refractivity contribution in [3.8, 4) is 0 Å².